The highest BCUT2D eigenvalue weighted by Crippen LogP contribution is 2.61. The summed E-state index contributed by atoms with van der Waals surface area (Å²) in [4.78, 5) is 4.73. The van der Waals surface area contributed by atoms with Gasteiger partial charge in [0.1, 0.15) is 0 Å². The van der Waals surface area contributed by atoms with Crippen molar-refractivity contribution in [3.8, 4) is 33.8 Å². The van der Waals surface area contributed by atoms with Crippen molar-refractivity contribution in [2.45, 2.75) is 26.2 Å². The molecule has 0 unspecified atom stereocenters. The number of aryl methyl sites for hydroxylation is 1. The maximum absolute atomic E-state index is 6.50. The van der Waals surface area contributed by atoms with Crippen molar-refractivity contribution in [1.82, 2.24) is 0 Å². The normalized spacial score (nSPS) is 13.5. The van der Waals surface area contributed by atoms with Gasteiger partial charge in [0.15, 0.2) is 11.5 Å². The molecule has 0 aliphatic carbocycles. The summed E-state index contributed by atoms with van der Waals surface area (Å²) < 4.78 is 6.50. The van der Waals surface area contributed by atoms with Crippen molar-refractivity contribution in [2.24, 2.45) is 0 Å². The van der Waals surface area contributed by atoms with E-state index in [4.69, 9.17) is 4.74 Å². The number of fused-ring (bicyclic) bond motifs is 4. The van der Waals surface area contributed by atoms with Crippen LogP contribution in [-0.4, -0.2) is 0 Å². The number of benzene rings is 7. The van der Waals surface area contributed by atoms with Gasteiger partial charge in [-0.25, -0.2) is 0 Å². The Morgan fingerprint density at radius 1 is 0.490 bits per heavy atom. The van der Waals surface area contributed by atoms with Crippen molar-refractivity contribution in [2.75, 3.05) is 9.80 Å². The van der Waals surface area contributed by atoms with Crippen LogP contribution in [0.3, 0.4) is 0 Å². The first-order valence-electron chi connectivity index (χ1n) is 16.9. The van der Waals surface area contributed by atoms with E-state index < -0.39 is 0 Å². The molecule has 3 nitrogen and oxygen atoms in total. The minimum atomic E-state index is -0.241. The molecule has 2 aliphatic rings. The fraction of sp³-hybridized carbons (Fsp3) is 0.0870. The first-order chi connectivity index (χ1) is 24.0. The van der Waals surface area contributed by atoms with Crippen molar-refractivity contribution < 1.29 is 4.74 Å². The van der Waals surface area contributed by atoms with Gasteiger partial charge in [0.25, 0.3) is 0 Å². The van der Waals surface area contributed by atoms with Crippen LogP contribution in [0.1, 0.15) is 30.5 Å². The molecule has 2 aliphatic heterocycles. The molecule has 0 radical (unpaired) electrons. The average Bonchev–Trinajstić information content (AvgIpc) is 3.14. The molecule has 0 aromatic heterocycles. The third kappa shape index (κ3) is 4.65. The molecular weight excluding hydrogens is 597 g/mol. The molecule has 2 heterocycles. The molecule has 7 aromatic rings. The van der Waals surface area contributed by atoms with Gasteiger partial charge in [0.05, 0.1) is 17.1 Å². The molecule has 0 N–H and O–H groups in total. The first-order valence-corrected chi connectivity index (χ1v) is 16.9. The third-order valence-electron chi connectivity index (χ3n) is 10.1. The summed E-state index contributed by atoms with van der Waals surface area (Å²) in [6.45, 7) is 6.87. The second-order valence-electron chi connectivity index (χ2n) is 13.5. The SMILES string of the molecule is Cc1cccc2c1N1c3cccc(-c4ccc(-c5ccc(N(c6ccccc6)c6ccccc6)cc5)cc4)c3C(C)(C)c3cccc(c31)O2. The standard InChI is InChI=1S/C46H36N2O/c1-31-13-10-21-41-44(31)48-40-20-11-18-38(43(40)46(2,3)39-19-12-22-42(49-41)45(39)48)34-25-23-32(24-26-34)33-27-29-37(30-28-33)47(35-14-6-4-7-15-35)36-16-8-5-9-17-36/h4-30H,1-3H3. The maximum Gasteiger partial charge on any atom is 0.151 e. The Balaban J connectivity index is 1.10. The van der Waals surface area contributed by atoms with E-state index in [0.29, 0.717) is 0 Å². The average molecular weight is 633 g/mol. The van der Waals surface area contributed by atoms with Crippen LogP contribution in [0.15, 0.2) is 164 Å². The Kier molecular flexibility index (Phi) is 6.70. The number of rotatable bonds is 5. The van der Waals surface area contributed by atoms with Crippen molar-refractivity contribution in [3.05, 3.63) is 180 Å². The molecule has 0 spiro atoms. The smallest absolute Gasteiger partial charge is 0.151 e. The van der Waals surface area contributed by atoms with Gasteiger partial charge in [-0.1, -0.05) is 123 Å². The highest BCUT2D eigenvalue weighted by molar-refractivity contribution is 5.96. The number of hydrogen-bond acceptors (Lipinski definition) is 3. The van der Waals surface area contributed by atoms with E-state index >= 15 is 0 Å². The Hall–Kier alpha value is -6.06. The molecule has 0 atom stereocenters. The molecule has 0 saturated heterocycles. The predicted octanol–water partition coefficient (Wildman–Crippen LogP) is 13.0. The zero-order chi connectivity index (χ0) is 33.1. The number of anilines is 6. The Bertz CT molecular complexity index is 2290. The zero-order valence-electron chi connectivity index (χ0n) is 27.9. The second-order valence-corrected chi connectivity index (χ2v) is 13.5. The van der Waals surface area contributed by atoms with E-state index in [9.17, 15) is 0 Å². The van der Waals surface area contributed by atoms with Crippen LogP contribution in [0.4, 0.5) is 34.1 Å². The van der Waals surface area contributed by atoms with Gasteiger partial charge >= 0.3 is 0 Å². The Labute approximate surface area is 288 Å². The van der Waals surface area contributed by atoms with Crippen molar-refractivity contribution in [1.29, 1.82) is 0 Å². The lowest BCUT2D eigenvalue weighted by Crippen LogP contribution is -2.33. The number of hydrogen-bond donors (Lipinski definition) is 0. The van der Waals surface area contributed by atoms with Gasteiger partial charge in [-0.3, -0.25) is 0 Å². The topological polar surface area (TPSA) is 15.7 Å². The fourth-order valence-electron chi connectivity index (χ4n) is 7.82. The summed E-state index contributed by atoms with van der Waals surface area (Å²) in [5.74, 6) is 1.80. The Morgan fingerprint density at radius 2 is 1.02 bits per heavy atom. The molecule has 0 fully saturated rings. The number of para-hydroxylation sites is 4. The summed E-state index contributed by atoms with van der Waals surface area (Å²) in [7, 11) is 0. The zero-order valence-corrected chi connectivity index (χ0v) is 27.9. The highest BCUT2D eigenvalue weighted by atomic mass is 16.5. The van der Waals surface area contributed by atoms with Crippen LogP contribution in [-0.2, 0) is 5.41 Å². The molecule has 9 rings (SSSR count). The Morgan fingerprint density at radius 3 is 1.67 bits per heavy atom. The van der Waals surface area contributed by atoms with Gasteiger partial charge in [-0.2, -0.15) is 0 Å². The van der Waals surface area contributed by atoms with Crippen LogP contribution in [0.25, 0.3) is 22.3 Å². The van der Waals surface area contributed by atoms with E-state index in [1.54, 1.807) is 0 Å². The van der Waals surface area contributed by atoms with Crippen molar-refractivity contribution >= 4 is 34.1 Å². The van der Waals surface area contributed by atoms with E-state index in [-0.39, 0.29) is 5.41 Å². The number of ether oxygens (including phenoxy) is 1. The minimum absolute atomic E-state index is 0.241. The van der Waals surface area contributed by atoms with Gasteiger partial charge < -0.3 is 14.5 Å². The van der Waals surface area contributed by atoms with Gasteiger partial charge in [-0.05, 0) is 100 Å². The van der Waals surface area contributed by atoms with Gasteiger partial charge in [0, 0.05) is 22.5 Å². The molecule has 3 heteroatoms. The van der Waals surface area contributed by atoms with Crippen molar-refractivity contribution in [3.63, 3.8) is 0 Å². The van der Waals surface area contributed by atoms with Crippen LogP contribution >= 0.6 is 0 Å². The lowest BCUT2D eigenvalue weighted by Gasteiger charge is -2.46. The summed E-state index contributed by atoms with van der Waals surface area (Å²) in [6, 6.07) is 58.6. The number of nitrogens with zero attached hydrogens (tertiary/aromatic N) is 2. The highest BCUT2D eigenvalue weighted by Gasteiger charge is 2.43. The minimum Gasteiger partial charge on any atom is -0.453 e. The fourth-order valence-corrected chi connectivity index (χ4v) is 7.82. The molecule has 0 bridgehead atoms. The molecular formula is C46H36N2O. The third-order valence-corrected chi connectivity index (χ3v) is 10.1. The van der Waals surface area contributed by atoms with Gasteiger partial charge in [-0.15, -0.1) is 0 Å². The van der Waals surface area contributed by atoms with Crippen LogP contribution in [0, 0.1) is 6.92 Å². The van der Waals surface area contributed by atoms with Gasteiger partial charge in [0.2, 0.25) is 0 Å². The second kappa shape index (κ2) is 11.3. The van der Waals surface area contributed by atoms with E-state index in [1.165, 1.54) is 44.6 Å². The van der Waals surface area contributed by atoms with Crippen LogP contribution in [0.2, 0.25) is 0 Å². The summed E-state index contributed by atoms with van der Waals surface area (Å²) in [5.41, 5.74) is 15.3. The molecule has 7 aromatic carbocycles. The molecule has 236 valence electrons. The maximum atomic E-state index is 6.50. The molecule has 49 heavy (non-hydrogen) atoms. The monoisotopic (exact) mass is 632 g/mol. The summed E-state index contributed by atoms with van der Waals surface area (Å²) >= 11 is 0. The van der Waals surface area contributed by atoms with E-state index in [1.807, 2.05) is 0 Å². The molecule has 0 saturated carbocycles. The largest absolute Gasteiger partial charge is 0.453 e. The first kappa shape index (κ1) is 29.1. The quantitative estimate of drug-likeness (QED) is 0.188. The lowest BCUT2D eigenvalue weighted by molar-refractivity contribution is 0.471. The summed E-state index contributed by atoms with van der Waals surface area (Å²) in [5, 5.41) is 0. The molecule has 0 amide bonds. The van der Waals surface area contributed by atoms with E-state index in [2.05, 4.69) is 194 Å². The van der Waals surface area contributed by atoms with Crippen LogP contribution < -0.4 is 14.5 Å². The predicted molar refractivity (Wildman–Crippen MR) is 204 cm³/mol. The summed E-state index contributed by atoms with van der Waals surface area (Å²) in [6.07, 6.45) is 0. The van der Waals surface area contributed by atoms with E-state index in [0.717, 1.165) is 39.9 Å². The van der Waals surface area contributed by atoms with Crippen LogP contribution in [0.5, 0.6) is 11.5 Å². The lowest BCUT2D eigenvalue weighted by atomic mass is 9.70.